The minimum absolute atomic E-state index is 0.531. The van der Waals surface area contributed by atoms with Gasteiger partial charge < -0.3 is 9.84 Å². The van der Waals surface area contributed by atoms with Gasteiger partial charge in [0.2, 0.25) is 0 Å². The van der Waals surface area contributed by atoms with E-state index in [1.807, 2.05) is 45.0 Å². The predicted molar refractivity (Wildman–Crippen MR) is 66.9 cm³/mol. The molecule has 0 amide bonds. The van der Waals surface area contributed by atoms with Crippen molar-refractivity contribution in [2.75, 3.05) is 6.61 Å². The van der Waals surface area contributed by atoms with Crippen LogP contribution in [0, 0.1) is 0 Å². The molecule has 0 bridgehead atoms. The van der Waals surface area contributed by atoms with Crippen molar-refractivity contribution in [3.8, 4) is 0 Å². The molecule has 2 nitrogen and oxygen atoms in total. The lowest BCUT2D eigenvalue weighted by Gasteiger charge is -2.30. The molecule has 3 heteroatoms. The molecular weight excluding hydrogens is 224 g/mol. The second-order valence-corrected chi connectivity index (χ2v) is 4.82. The van der Waals surface area contributed by atoms with Gasteiger partial charge in [-0.25, -0.2) is 0 Å². The molecule has 0 radical (unpaired) electrons. The third kappa shape index (κ3) is 3.78. The number of halogens is 1. The Bertz CT molecular complexity index is 336. The molecule has 1 atom stereocenters. The van der Waals surface area contributed by atoms with E-state index in [1.54, 1.807) is 0 Å². The summed E-state index contributed by atoms with van der Waals surface area (Å²) in [5, 5.41) is 10.8. The minimum Gasteiger partial charge on any atom is -0.390 e. The Morgan fingerprint density at radius 2 is 2.12 bits per heavy atom. The zero-order valence-electron chi connectivity index (χ0n) is 10.0. The first-order chi connectivity index (χ1) is 7.45. The van der Waals surface area contributed by atoms with Gasteiger partial charge in [0.05, 0.1) is 11.7 Å². The Kier molecular flexibility index (Phi) is 4.78. The Labute approximate surface area is 102 Å². The molecular formula is C13H19ClO2. The summed E-state index contributed by atoms with van der Waals surface area (Å²) in [4.78, 5) is 0. The summed E-state index contributed by atoms with van der Waals surface area (Å²) in [5.74, 6) is 0. The first kappa shape index (κ1) is 13.5. The smallest absolute Gasteiger partial charge is 0.0887 e. The van der Waals surface area contributed by atoms with E-state index in [0.717, 1.165) is 5.56 Å². The summed E-state index contributed by atoms with van der Waals surface area (Å²) in [6, 6.07) is 7.53. The number of benzene rings is 1. The lowest BCUT2D eigenvalue weighted by atomic mass is 9.95. The van der Waals surface area contributed by atoms with Crippen LogP contribution in [-0.4, -0.2) is 23.4 Å². The number of hydrogen-bond donors (Lipinski definition) is 1. The van der Waals surface area contributed by atoms with Crippen LogP contribution in [0.25, 0.3) is 0 Å². The normalized spacial score (nSPS) is 13.8. The molecule has 1 aromatic carbocycles. The highest BCUT2D eigenvalue weighted by Crippen LogP contribution is 2.20. The van der Waals surface area contributed by atoms with E-state index in [1.165, 1.54) is 0 Å². The minimum atomic E-state index is -0.536. The number of aliphatic hydroxyl groups is 1. The van der Waals surface area contributed by atoms with Gasteiger partial charge >= 0.3 is 0 Å². The number of aliphatic hydroxyl groups excluding tert-OH is 1. The van der Waals surface area contributed by atoms with E-state index in [9.17, 15) is 5.11 Å². The SMILES string of the molecule is CCOC(C)(C)C(O)Cc1cccc(Cl)c1. The standard InChI is InChI=1S/C13H19ClO2/c1-4-16-13(2,3)12(15)9-10-6-5-7-11(14)8-10/h5-8,12,15H,4,9H2,1-3H3. The van der Waals surface area contributed by atoms with Crippen molar-refractivity contribution >= 4 is 11.6 Å². The molecule has 1 rings (SSSR count). The van der Waals surface area contributed by atoms with E-state index >= 15 is 0 Å². The van der Waals surface area contributed by atoms with E-state index in [2.05, 4.69) is 0 Å². The van der Waals surface area contributed by atoms with Crippen LogP contribution >= 0.6 is 11.6 Å². The van der Waals surface area contributed by atoms with Gasteiger partial charge in [-0.1, -0.05) is 23.7 Å². The fourth-order valence-electron chi connectivity index (χ4n) is 1.60. The van der Waals surface area contributed by atoms with Crippen LogP contribution in [-0.2, 0) is 11.2 Å². The van der Waals surface area contributed by atoms with Gasteiger partial charge in [0.15, 0.2) is 0 Å². The van der Waals surface area contributed by atoms with E-state index in [0.29, 0.717) is 18.1 Å². The van der Waals surface area contributed by atoms with Crippen LogP contribution < -0.4 is 0 Å². The van der Waals surface area contributed by atoms with Crippen molar-refractivity contribution in [3.63, 3.8) is 0 Å². The number of rotatable bonds is 5. The molecule has 0 saturated carbocycles. The summed E-state index contributed by atoms with van der Waals surface area (Å²) >= 11 is 5.89. The van der Waals surface area contributed by atoms with Crippen LogP contribution in [0.1, 0.15) is 26.3 Å². The molecule has 0 saturated heterocycles. The number of hydrogen-bond acceptors (Lipinski definition) is 2. The van der Waals surface area contributed by atoms with Gasteiger partial charge in [-0.3, -0.25) is 0 Å². The summed E-state index contributed by atoms with van der Waals surface area (Å²) in [7, 11) is 0. The topological polar surface area (TPSA) is 29.5 Å². The first-order valence-corrected chi connectivity index (χ1v) is 5.90. The zero-order chi connectivity index (χ0) is 12.2. The molecule has 1 aromatic rings. The fourth-order valence-corrected chi connectivity index (χ4v) is 1.81. The third-order valence-electron chi connectivity index (χ3n) is 2.64. The van der Waals surface area contributed by atoms with Crippen LogP contribution in [0.15, 0.2) is 24.3 Å². The molecule has 16 heavy (non-hydrogen) atoms. The average molecular weight is 243 g/mol. The van der Waals surface area contributed by atoms with Gasteiger partial charge in [-0.05, 0) is 38.5 Å². The molecule has 0 aromatic heterocycles. The van der Waals surface area contributed by atoms with Crippen molar-refractivity contribution in [1.29, 1.82) is 0 Å². The van der Waals surface area contributed by atoms with Gasteiger partial charge in [0, 0.05) is 18.1 Å². The highest BCUT2D eigenvalue weighted by molar-refractivity contribution is 6.30. The molecule has 90 valence electrons. The molecule has 1 unspecified atom stereocenters. The molecule has 0 heterocycles. The highest BCUT2D eigenvalue weighted by atomic mass is 35.5. The average Bonchev–Trinajstić information content (AvgIpc) is 2.17. The Morgan fingerprint density at radius 3 is 2.69 bits per heavy atom. The van der Waals surface area contributed by atoms with Crippen molar-refractivity contribution in [1.82, 2.24) is 0 Å². The van der Waals surface area contributed by atoms with Gasteiger partial charge in [-0.2, -0.15) is 0 Å². The quantitative estimate of drug-likeness (QED) is 0.860. The van der Waals surface area contributed by atoms with Crippen molar-refractivity contribution in [3.05, 3.63) is 34.9 Å². The van der Waals surface area contributed by atoms with Crippen LogP contribution in [0.2, 0.25) is 5.02 Å². The van der Waals surface area contributed by atoms with E-state index in [-0.39, 0.29) is 0 Å². The van der Waals surface area contributed by atoms with Gasteiger partial charge in [0.25, 0.3) is 0 Å². The lowest BCUT2D eigenvalue weighted by molar-refractivity contribution is -0.0955. The monoisotopic (exact) mass is 242 g/mol. The molecule has 0 spiro atoms. The van der Waals surface area contributed by atoms with Crippen LogP contribution in [0.4, 0.5) is 0 Å². The second-order valence-electron chi connectivity index (χ2n) is 4.39. The molecule has 0 aliphatic rings. The first-order valence-electron chi connectivity index (χ1n) is 5.52. The van der Waals surface area contributed by atoms with Gasteiger partial charge in [0.1, 0.15) is 0 Å². The Morgan fingerprint density at radius 1 is 1.44 bits per heavy atom. The van der Waals surface area contributed by atoms with E-state index in [4.69, 9.17) is 16.3 Å². The summed E-state index contributed by atoms with van der Waals surface area (Å²) in [6.07, 6.45) is 0.0130. The summed E-state index contributed by atoms with van der Waals surface area (Å²) < 4.78 is 5.51. The molecule has 1 N–H and O–H groups in total. The largest absolute Gasteiger partial charge is 0.390 e. The lowest BCUT2D eigenvalue weighted by Crippen LogP contribution is -2.40. The summed E-state index contributed by atoms with van der Waals surface area (Å²) in [5.41, 5.74) is 0.490. The van der Waals surface area contributed by atoms with Crippen molar-refractivity contribution < 1.29 is 9.84 Å². The molecule has 0 aliphatic heterocycles. The molecule has 0 aliphatic carbocycles. The van der Waals surface area contributed by atoms with Crippen LogP contribution in [0.3, 0.4) is 0 Å². The maximum absolute atomic E-state index is 10.1. The van der Waals surface area contributed by atoms with E-state index < -0.39 is 11.7 Å². The Balaban J connectivity index is 2.67. The third-order valence-corrected chi connectivity index (χ3v) is 2.87. The Hall–Kier alpha value is -0.570. The zero-order valence-corrected chi connectivity index (χ0v) is 10.8. The number of ether oxygens (including phenoxy) is 1. The summed E-state index contributed by atoms with van der Waals surface area (Å²) in [6.45, 7) is 6.31. The maximum atomic E-state index is 10.1. The van der Waals surface area contributed by atoms with Crippen molar-refractivity contribution in [2.45, 2.75) is 38.9 Å². The van der Waals surface area contributed by atoms with Crippen LogP contribution in [0.5, 0.6) is 0 Å². The second kappa shape index (κ2) is 5.67. The fraction of sp³-hybridized carbons (Fsp3) is 0.538. The molecule has 0 fully saturated rings. The van der Waals surface area contributed by atoms with Gasteiger partial charge in [-0.15, -0.1) is 0 Å². The van der Waals surface area contributed by atoms with Crippen molar-refractivity contribution in [2.24, 2.45) is 0 Å². The highest BCUT2D eigenvalue weighted by Gasteiger charge is 2.28. The predicted octanol–water partition coefficient (Wildman–Crippen LogP) is 3.06. The maximum Gasteiger partial charge on any atom is 0.0887 e.